The number of esters is 2. The highest BCUT2D eigenvalue weighted by Gasteiger charge is 2.51. The van der Waals surface area contributed by atoms with E-state index in [1.807, 2.05) is 0 Å². The van der Waals surface area contributed by atoms with Gasteiger partial charge in [-0.2, -0.15) is 0 Å². The molecule has 1 aromatic carbocycles. The fraction of sp³-hybridized carbons (Fsp3) is 0.471. The average molecular weight is 335 g/mol. The van der Waals surface area contributed by atoms with Crippen molar-refractivity contribution in [2.45, 2.75) is 25.8 Å². The first-order valence-corrected chi connectivity index (χ1v) is 7.81. The van der Waals surface area contributed by atoms with Gasteiger partial charge in [0.1, 0.15) is 17.7 Å². The van der Waals surface area contributed by atoms with Crippen molar-refractivity contribution in [1.29, 1.82) is 0 Å². The Morgan fingerprint density at radius 2 is 1.62 bits per heavy atom. The second-order valence-corrected chi connectivity index (χ2v) is 5.27. The van der Waals surface area contributed by atoms with Gasteiger partial charge in [0.15, 0.2) is 0 Å². The summed E-state index contributed by atoms with van der Waals surface area (Å²) in [6, 6.07) is 5.94. The summed E-state index contributed by atoms with van der Waals surface area (Å²) in [4.78, 5) is 36.7. The van der Waals surface area contributed by atoms with Gasteiger partial charge >= 0.3 is 11.9 Å². The summed E-state index contributed by atoms with van der Waals surface area (Å²) in [5.41, 5.74) is 0.658. The molecule has 1 saturated heterocycles. The summed E-state index contributed by atoms with van der Waals surface area (Å²) in [7, 11) is 1.54. The Morgan fingerprint density at radius 3 is 2.17 bits per heavy atom. The molecule has 2 rings (SSSR count). The van der Waals surface area contributed by atoms with Gasteiger partial charge in [-0.25, -0.2) is 4.79 Å². The third kappa shape index (κ3) is 3.50. The Hall–Kier alpha value is -2.57. The van der Waals surface area contributed by atoms with Crippen molar-refractivity contribution in [1.82, 2.24) is 5.32 Å². The standard InChI is InChI=1S/C17H21NO6/c1-4-23-16(20)13-12(10-6-8-11(22-3)9-7-10)14(18-15(13)19)17(21)24-5-2/h6-9,12-14H,4-5H2,1-3H3,(H,18,19)/t12-,13-,14+/m1/s1. The van der Waals surface area contributed by atoms with E-state index in [-0.39, 0.29) is 13.2 Å². The van der Waals surface area contributed by atoms with Crippen LogP contribution in [0.2, 0.25) is 0 Å². The third-order valence-electron chi connectivity index (χ3n) is 3.88. The molecule has 0 bridgehead atoms. The zero-order valence-electron chi connectivity index (χ0n) is 13.9. The summed E-state index contributed by atoms with van der Waals surface area (Å²) in [5.74, 6) is -2.90. The second kappa shape index (κ2) is 7.81. The van der Waals surface area contributed by atoms with Crippen LogP contribution in [0.25, 0.3) is 0 Å². The Balaban J connectivity index is 2.39. The lowest BCUT2D eigenvalue weighted by atomic mass is 9.84. The van der Waals surface area contributed by atoms with Crippen LogP contribution in [0.1, 0.15) is 25.3 Å². The minimum Gasteiger partial charge on any atom is -0.497 e. The molecular formula is C17H21NO6. The van der Waals surface area contributed by atoms with Crippen molar-refractivity contribution in [3.63, 3.8) is 0 Å². The molecule has 0 radical (unpaired) electrons. The van der Waals surface area contributed by atoms with Gasteiger partial charge in [0, 0.05) is 5.92 Å². The van der Waals surface area contributed by atoms with Gasteiger partial charge in [-0.05, 0) is 31.5 Å². The maximum Gasteiger partial charge on any atom is 0.329 e. The molecule has 7 heteroatoms. The van der Waals surface area contributed by atoms with Crippen LogP contribution in [0.3, 0.4) is 0 Å². The quantitative estimate of drug-likeness (QED) is 0.616. The van der Waals surface area contributed by atoms with Gasteiger partial charge in [-0.15, -0.1) is 0 Å². The van der Waals surface area contributed by atoms with Crippen LogP contribution in [-0.2, 0) is 23.9 Å². The molecule has 24 heavy (non-hydrogen) atoms. The maximum absolute atomic E-state index is 12.3. The van der Waals surface area contributed by atoms with Gasteiger partial charge in [0.2, 0.25) is 5.91 Å². The fourth-order valence-corrected chi connectivity index (χ4v) is 2.82. The topological polar surface area (TPSA) is 90.9 Å². The molecular weight excluding hydrogens is 314 g/mol. The van der Waals surface area contributed by atoms with Crippen molar-refractivity contribution < 1.29 is 28.6 Å². The van der Waals surface area contributed by atoms with Crippen LogP contribution in [-0.4, -0.2) is 44.2 Å². The van der Waals surface area contributed by atoms with Gasteiger partial charge < -0.3 is 19.5 Å². The van der Waals surface area contributed by atoms with Crippen molar-refractivity contribution >= 4 is 17.8 Å². The molecule has 0 spiro atoms. The molecule has 1 heterocycles. The van der Waals surface area contributed by atoms with E-state index in [2.05, 4.69) is 5.32 Å². The van der Waals surface area contributed by atoms with E-state index in [0.29, 0.717) is 11.3 Å². The minimum absolute atomic E-state index is 0.155. The molecule has 1 aliphatic heterocycles. The number of ether oxygens (including phenoxy) is 3. The first kappa shape index (κ1) is 17.8. The first-order valence-electron chi connectivity index (χ1n) is 7.81. The molecule has 1 fully saturated rings. The third-order valence-corrected chi connectivity index (χ3v) is 3.88. The van der Waals surface area contributed by atoms with E-state index in [9.17, 15) is 14.4 Å². The lowest BCUT2D eigenvalue weighted by Crippen LogP contribution is -2.37. The summed E-state index contributed by atoms with van der Waals surface area (Å²) in [6.07, 6.45) is 0. The number of carbonyl (C=O) groups excluding carboxylic acids is 3. The SMILES string of the molecule is CCOC(=O)[C@H]1C(=O)N[C@H](C(=O)OCC)[C@@H]1c1ccc(OC)cc1. The van der Waals surface area contributed by atoms with Crippen molar-refractivity contribution in [3.05, 3.63) is 29.8 Å². The number of hydrogen-bond donors (Lipinski definition) is 1. The summed E-state index contributed by atoms with van der Waals surface area (Å²) in [6.45, 7) is 3.68. The zero-order chi connectivity index (χ0) is 17.7. The monoisotopic (exact) mass is 335 g/mol. The van der Waals surface area contributed by atoms with Gasteiger partial charge in [-0.3, -0.25) is 9.59 Å². The summed E-state index contributed by atoms with van der Waals surface area (Å²) < 4.78 is 15.1. The predicted molar refractivity (Wildman–Crippen MR) is 84.4 cm³/mol. The molecule has 1 aliphatic rings. The van der Waals surface area contributed by atoms with Gasteiger partial charge in [-0.1, -0.05) is 12.1 Å². The molecule has 3 atom stereocenters. The van der Waals surface area contributed by atoms with Crippen molar-refractivity contribution in [2.75, 3.05) is 20.3 Å². The Morgan fingerprint density at radius 1 is 1.04 bits per heavy atom. The van der Waals surface area contributed by atoms with E-state index in [4.69, 9.17) is 14.2 Å². The van der Waals surface area contributed by atoms with E-state index in [1.54, 1.807) is 45.2 Å². The number of benzene rings is 1. The number of nitrogens with one attached hydrogen (secondary N) is 1. The molecule has 1 N–H and O–H groups in total. The number of amides is 1. The molecule has 0 aromatic heterocycles. The van der Waals surface area contributed by atoms with E-state index in [1.165, 1.54) is 0 Å². The zero-order valence-corrected chi connectivity index (χ0v) is 13.9. The highest BCUT2D eigenvalue weighted by molar-refractivity contribution is 6.04. The van der Waals surface area contributed by atoms with Gasteiger partial charge in [0.25, 0.3) is 0 Å². The number of rotatable bonds is 6. The van der Waals surface area contributed by atoms with Crippen molar-refractivity contribution in [2.24, 2.45) is 5.92 Å². The van der Waals surface area contributed by atoms with Crippen LogP contribution in [0.4, 0.5) is 0 Å². The fourth-order valence-electron chi connectivity index (χ4n) is 2.82. The maximum atomic E-state index is 12.3. The minimum atomic E-state index is -1.09. The molecule has 1 aromatic rings. The highest BCUT2D eigenvalue weighted by atomic mass is 16.5. The highest BCUT2D eigenvalue weighted by Crippen LogP contribution is 2.36. The largest absolute Gasteiger partial charge is 0.497 e. The normalized spacial score (nSPS) is 22.6. The Bertz CT molecular complexity index is 612. The molecule has 0 saturated carbocycles. The Labute approximate surface area is 140 Å². The average Bonchev–Trinajstić information content (AvgIpc) is 2.93. The van der Waals surface area contributed by atoms with Gasteiger partial charge in [0.05, 0.1) is 20.3 Å². The van der Waals surface area contributed by atoms with Crippen LogP contribution in [0.5, 0.6) is 5.75 Å². The van der Waals surface area contributed by atoms with E-state index >= 15 is 0 Å². The number of methoxy groups -OCH3 is 1. The van der Waals surface area contributed by atoms with Crippen molar-refractivity contribution in [3.8, 4) is 5.75 Å². The molecule has 0 aliphatic carbocycles. The van der Waals surface area contributed by atoms with E-state index < -0.39 is 35.7 Å². The second-order valence-electron chi connectivity index (χ2n) is 5.27. The molecule has 7 nitrogen and oxygen atoms in total. The van der Waals surface area contributed by atoms with Crippen LogP contribution in [0.15, 0.2) is 24.3 Å². The number of hydrogen-bond acceptors (Lipinski definition) is 6. The Kier molecular flexibility index (Phi) is 5.78. The molecule has 130 valence electrons. The predicted octanol–water partition coefficient (Wildman–Crippen LogP) is 1.02. The number of carbonyl (C=O) groups is 3. The smallest absolute Gasteiger partial charge is 0.329 e. The molecule has 1 amide bonds. The van der Waals surface area contributed by atoms with Crippen LogP contribution < -0.4 is 10.1 Å². The van der Waals surface area contributed by atoms with Crippen LogP contribution >= 0.6 is 0 Å². The van der Waals surface area contributed by atoms with E-state index in [0.717, 1.165) is 0 Å². The lowest BCUT2D eigenvalue weighted by Gasteiger charge is -2.21. The molecule has 0 unspecified atom stereocenters. The first-order chi connectivity index (χ1) is 11.5. The van der Waals surface area contributed by atoms with Crippen LogP contribution in [0, 0.1) is 5.92 Å². The lowest BCUT2D eigenvalue weighted by molar-refractivity contribution is -0.151. The summed E-state index contributed by atoms with van der Waals surface area (Å²) in [5, 5.41) is 2.56. The summed E-state index contributed by atoms with van der Waals surface area (Å²) >= 11 is 0.